The quantitative estimate of drug-likeness (QED) is 0.301. The van der Waals surface area contributed by atoms with Crippen molar-refractivity contribution in [3.8, 4) is 0 Å². The molecule has 0 amide bonds. The normalized spacial score (nSPS) is 12.2. The van der Waals surface area contributed by atoms with Crippen molar-refractivity contribution >= 4 is 10.2 Å². The molecule has 92 valence electrons. The van der Waals surface area contributed by atoms with Gasteiger partial charge in [0.2, 0.25) is 0 Å². The number of rotatable bonds is 10. The Balaban J connectivity index is 3.65. The summed E-state index contributed by atoms with van der Waals surface area (Å²) in [6.45, 7) is 8.04. The van der Waals surface area contributed by atoms with Gasteiger partial charge >= 0.3 is 0 Å². The fourth-order valence-electron chi connectivity index (χ4n) is 1.56. The van der Waals surface area contributed by atoms with Crippen LogP contribution in [0, 0.1) is 0 Å². The van der Waals surface area contributed by atoms with Crippen LogP contribution < -0.4 is 11.1 Å². The second-order valence-electron chi connectivity index (χ2n) is 3.64. The summed E-state index contributed by atoms with van der Waals surface area (Å²) in [7, 11) is 0.910. The molecule has 0 aromatic heterocycles. The monoisotopic (exact) mass is 234 g/mol. The Bertz CT molecular complexity index is 141. The van der Waals surface area contributed by atoms with Gasteiger partial charge in [0.1, 0.15) is 5.41 Å². The van der Waals surface area contributed by atoms with Crippen LogP contribution in [0.1, 0.15) is 26.7 Å². The van der Waals surface area contributed by atoms with Crippen LogP contribution in [-0.4, -0.2) is 48.5 Å². The van der Waals surface area contributed by atoms with Gasteiger partial charge in [-0.1, -0.05) is 0 Å². The third-order valence-electron chi connectivity index (χ3n) is 2.20. The Hall–Kier alpha value is 0.0569. The van der Waals surface area contributed by atoms with Crippen molar-refractivity contribution in [1.82, 2.24) is 5.32 Å². The van der Waals surface area contributed by atoms with Crippen LogP contribution >= 0.6 is 0 Å². The largest absolute Gasteiger partial charge is 0.355 e. The molecule has 0 atom stereocenters. The Morgan fingerprint density at radius 2 is 1.80 bits per heavy atom. The lowest BCUT2D eigenvalue weighted by atomic mass is 10.3. The molecule has 4 nitrogen and oxygen atoms in total. The zero-order valence-corrected chi connectivity index (χ0v) is 12.3. The third kappa shape index (κ3) is 7.93. The van der Waals surface area contributed by atoms with E-state index in [9.17, 15) is 0 Å². The molecule has 0 unspecified atom stereocenters. The number of nitrogens with one attached hydrogen (secondary N) is 1. The van der Waals surface area contributed by atoms with Gasteiger partial charge in [0.15, 0.2) is 0 Å². The Morgan fingerprint density at radius 1 is 1.20 bits per heavy atom. The maximum absolute atomic E-state index is 5.66. The van der Waals surface area contributed by atoms with E-state index in [0.717, 1.165) is 49.4 Å². The van der Waals surface area contributed by atoms with E-state index in [1.165, 1.54) is 0 Å². The summed E-state index contributed by atoms with van der Waals surface area (Å²) in [5.41, 5.74) is 5.10. The van der Waals surface area contributed by atoms with Gasteiger partial charge in [0, 0.05) is 26.3 Å². The lowest BCUT2D eigenvalue weighted by molar-refractivity contribution is -0.177. The molecule has 15 heavy (non-hydrogen) atoms. The summed E-state index contributed by atoms with van der Waals surface area (Å²) >= 11 is 0. The Labute approximate surface area is 96.3 Å². The van der Waals surface area contributed by atoms with E-state index in [1.54, 1.807) is 0 Å². The van der Waals surface area contributed by atoms with Crippen LogP contribution in [0.2, 0.25) is 0 Å². The van der Waals surface area contributed by atoms with Gasteiger partial charge < -0.3 is 20.5 Å². The standard InChI is InChI=1S/C10H26N2O2Si/c1-3-13-10(15,14-4-2)6-5-8-12-9-7-11/h12H,3-9,11H2,1-2,15H3. The van der Waals surface area contributed by atoms with Gasteiger partial charge in [-0.3, -0.25) is 0 Å². The molecule has 0 saturated heterocycles. The molecule has 0 radical (unpaired) electrons. The summed E-state index contributed by atoms with van der Waals surface area (Å²) in [4.78, 5) is 0. The van der Waals surface area contributed by atoms with Gasteiger partial charge in [0.25, 0.3) is 0 Å². The van der Waals surface area contributed by atoms with Crippen molar-refractivity contribution in [3.05, 3.63) is 0 Å². The molecular formula is C10H26N2O2Si. The summed E-state index contributed by atoms with van der Waals surface area (Å²) in [5.74, 6) is 0. The molecule has 0 aliphatic rings. The van der Waals surface area contributed by atoms with Crippen molar-refractivity contribution in [2.24, 2.45) is 5.73 Å². The summed E-state index contributed by atoms with van der Waals surface area (Å²) in [6, 6.07) is 0. The minimum absolute atomic E-state index is 0.284. The highest BCUT2D eigenvalue weighted by atomic mass is 28.1. The lowest BCUT2D eigenvalue weighted by Crippen LogP contribution is -2.37. The van der Waals surface area contributed by atoms with E-state index in [-0.39, 0.29) is 5.41 Å². The van der Waals surface area contributed by atoms with Gasteiger partial charge in [-0.05, 0) is 33.2 Å². The van der Waals surface area contributed by atoms with E-state index in [2.05, 4.69) is 5.32 Å². The average molecular weight is 234 g/mol. The highest BCUT2D eigenvalue weighted by molar-refractivity contribution is 6.13. The SMILES string of the molecule is CCOC([SiH3])(CCCNCCN)OCC. The van der Waals surface area contributed by atoms with Gasteiger partial charge in [-0.25, -0.2) is 0 Å². The van der Waals surface area contributed by atoms with E-state index < -0.39 is 0 Å². The van der Waals surface area contributed by atoms with E-state index in [1.807, 2.05) is 13.8 Å². The molecule has 0 bridgehead atoms. The van der Waals surface area contributed by atoms with Crippen LogP contribution in [0.5, 0.6) is 0 Å². The smallest absolute Gasteiger partial charge is 0.141 e. The highest BCUT2D eigenvalue weighted by Crippen LogP contribution is 2.15. The van der Waals surface area contributed by atoms with Gasteiger partial charge in [-0.2, -0.15) is 0 Å². The summed E-state index contributed by atoms with van der Waals surface area (Å²) in [6.07, 6.45) is 2.04. The minimum Gasteiger partial charge on any atom is -0.355 e. The van der Waals surface area contributed by atoms with Crippen LogP contribution in [0.15, 0.2) is 0 Å². The van der Waals surface area contributed by atoms with Crippen molar-refractivity contribution < 1.29 is 9.47 Å². The average Bonchev–Trinajstić information content (AvgIpc) is 2.18. The van der Waals surface area contributed by atoms with Crippen molar-refractivity contribution in [3.63, 3.8) is 0 Å². The predicted octanol–water partition coefficient (Wildman–Crippen LogP) is -0.593. The molecule has 0 aliphatic heterocycles. The maximum Gasteiger partial charge on any atom is 0.141 e. The number of hydrogen-bond donors (Lipinski definition) is 2. The first-order valence-corrected chi connectivity index (χ1v) is 6.87. The van der Waals surface area contributed by atoms with E-state index in [0.29, 0.717) is 6.54 Å². The fraction of sp³-hybridized carbons (Fsp3) is 1.00. The van der Waals surface area contributed by atoms with Crippen LogP contribution in [0.3, 0.4) is 0 Å². The first-order chi connectivity index (χ1) is 7.18. The second kappa shape index (κ2) is 9.29. The lowest BCUT2D eigenvalue weighted by Gasteiger charge is -2.29. The Kier molecular flexibility index (Phi) is 9.33. The van der Waals surface area contributed by atoms with Crippen molar-refractivity contribution in [2.75, 3.05) is 32.8 Å². The molecule has 0 aromatic carbocycles. The van der Waals surface area contributed by atoms with E-state index >= 15 is 0 Å². The molecule has 5 heteroatoms. The maximum atomic E-state index is 5.66. The van der Waals surface area contributed by atoms with Crippen molar-refractivity contribution in [1.29, 1.82) is 0 Å². The second-order valence-corrected chi connectivity index (χ2v) is 5.17. The zero-order chi connectivity index (χ0) is 11.6. The number of nitrogens with two attached hydrogens (primary N) is 1. The topological polar surface area (TPSA) is 56.5 Å². The van der Waals surface area contributed by atoms with Gasteiger partial charge in [-0.15, -0.1) is 0 Å². The van der Waals surface area contributed by atoms with Crippen LogP contribution in [0.4, 0.5) is 0 Å². The fourth-order valence-corrected chi connectivity index (χ4v) is 2.49. The van der Waals surface area contributed by atoms with Crippen LogP contribution in [0.25, 0.3) is 0 Å². The molecule has 0 heterocycles. The number of hydrogen-bond acceptors (Lipinski definition) is 4. The van der Waals surface area contributed by atoms with Crippen molar-refractivity contribution in [2.45, 2.75) is 32.1 Å². The molecule has 0 aromatic rings. The molecule has 3 N–H and O–H groups in total. The predicted molar refractivity (Wildman–Crippen MR) is 67.1 cm³/mol. The molecule has 0 rings (SSSR count). The summed E-state index contributed by atoms with van der Waals surface area (Å²) < 4.78 is 11.3. The minimum atomic E-state index is -0.284. The molecule has 0 spiro atoms. The number of ether oxygens (including phenoxy) is 2. The van der Waals surface area contributed by atoms with Gasteiger partial charge in [0.05, 0.1) is 10.2 Å². The molecular weight excluding hydrogens is 208 g/mol. The summed E-state index contributed by atoms with van der Waals surface area (Å²) in [5, 5.41) is 3.27. The molecule has 0 aliphatic carbocycles. The van der Waals surface area contributed by atoms with E-state index in [4.69, 9.17) is 15.2 Å². The highest BCUT2D eigenvalue weighted by Gasteiger charge is 2.23. The first kappa shape index (κ1) is 15.1. The zero-order valence-electron chi connectivity index (χ0n) is 10.3. The molecule has 0 fully saturated rings. The van der Waals surface area contributed by atoms with Crippen LogP contribution in [-0.2, 0) is 9.47 Å². The molecule has 0 saturated carbocycles. The first-order valence-electron chi connectivity index (χ1n) is 5.87. The Morgan fingerprint density at radius 3 is 2.27 bits per heavy atom. The third-order valence-corrected chi connectivity index (χ3v) is 3.28.